The molecule has 0 aliphatic heterocycles. The number of hydrogen-bond donors (Lipinski definition) is 0. The lowest BCUT2D eigenvalue weighted by Gasteiger charge is -2.26. The molecule has 1 saturated carbocycles. The predicted molar refractivity (Wildman–Crippen MR) is 97.4 cm³/mol. The summed E-state index contributed by atoms with van der Waals surface area (Å²) in [6, 6.07) is 10.3. The molecule has 0 saturated heterocycles. The molecule has 124 valence electrons. The summed E-state index contributed by atoms with van der Waals surface area (Å²) in [5, 5.41) is 4.15. The van der Waals surface area contributed by atoms with Crippen molar-refractivity contribution in [2.24, 2.45) is 0 Å². The van der Waals surface area contributed by atoms with E-state index < -0.39 is 0 Å². The van der Waals surface area contributed by atoms with E-state index in [1.807, 2.05) is 17.0 Å². The van der Waals surface area contributed by atoms with Crippen molar-refractivity contribution in [1.29, 1.82) is 0 Å². The van der Waals surface area contributed by atoms with Crippen LogP contribution in [-0.4, -0.2) is 17.4 Å². The van der Waals surface area contributed by atoms with Gasteiger partial charge < -0.3 is 9.32 Å². The Morgan fingerprint density at radius 2 is 2.00 bits per heavy atom. The van der Waals surface area contributed by atoms with Crippen LogP contribution in [0.5, 0.6) is 0 Å². The van der Waals surface area contributed by atoms with E-state index in [4.69, 9.17) is 4.42 Å². The molecule has 1 amide bonds. The number of hydrogen-bond acceptors (Lipinski definition) is 4. The lowest BCUT2D eigenvalue weighted by molar-refractivity contribution is -0.134. The molecule has 3 nitrogen and oxygen atoms in total. The van der Waals surface area contributed by atoms with E-state index in [1.54, 1.807) is 35.2 Å². The first kappa shape index (κ1) is 15.7. The molecule has 1 aliphatic rings. The highest BCUT2D eigenvalue weighted by Crippen LogP contribution is 2.51. The number of thiophene rings is 2. The highest BCUT2D eigenvalue weighted by molar-refractivity contribution is 7.10. The maximum absolute atomic E-state index is 13.3. The third-order valence-electron chi connectivity index (χ3n) is 4.60. The van der Waals surface area contributed by atoms with Gasteiger partial charge in [0.1, 0.15) is 0 Å². The van der Waals surface area contributed by atoms with Crippen LogP contribution >= 0.6 is 22.7 Å². The Hall–Kier alpha value is -1.85. The SMILES string of the molecule is O=C(N(CCc1cccs1)Cc1ccoc1)C1(c2cccs2)CC1. The molecule has 3 aromatic rings. The van der Waals surface area contributed by atoms with Crippen molar-refractivity contribution in [2.45, 2.75) is 31.2 Å². The van der Waals surface area contributed by atoms with Crippen molar-refractivity contribution < 1.29 is 9.21 Å². The molecule has 24 heavy (non-hydrogen) atoms. The molecule has 0 bridgehead atoms. The molecule has 0 spiro atoms. The zero-order valence-electron chi connectivity index (χ0n) is 13.3. The second-order valence-electron chi connectivity index (χ2n) is 6.25. The normalized spacial score (nSPS) is 15.3. The molecular formula is C19H19NO2S2. The second-order valence-corrected chi connectivity index (χ2v) is 8.23. The molecule has 3 aromatic heterocycles. The third-order valence-corrected chi connectivity index (χ3v) is 6.61. The van der Waals surface area contributed by atoms with Gasteiger partial charge in [-0.2, -0.15) is 0 Å². The van der Waals surface area contributed by atoms with E-state index in [0.29, 0.717) is 6.54 Å². The van der Waals surface area contributed by atoms with Crippen LogP contribution in [0.2, 0.25) is 0 Å². The smallest absolute Gasteiger partial charge is 0.234 e. The van der Waals surface area contributed by atoms with E-state index in [2.05, 4.69) is 29.0 Å². The monoisotopic (exact) mass is 357 g/mol. The van der Waals surface area contributed by atoms with Crippen LogP contribution in [0.25, 0.3) is 0 Å². The number of nitrogens with zero attached hydrogens (tertiary/aromatic N) is 1. The van der Waals surface area contributed by atoms with Crippen LogP contribution in [0.1, 0.15) is 28.2 Å². The predicted octanol–water partition coefficient (Wildman–Crippen LogP) is 4.71. The number of furan rings is 1. The molecule has 1 aliphatic carbocycles. The Kier molecular flexibility index (Phi) is 4.29. The van der Waals surface area contributed by atoms with Crippen molar-refractivity contribution >= 4 is 28.6 Å². The minimum atomic E-state index is -0.270. The standard InChI is InChI=1S/C19H19NO2S2/c21-18(19(7-8-19)17-4-2-12-24-17)20(13-15-6-10-22-14-15)9-5-16-3-1-11-23-16/h1-4,6,10-12,14H,5,7-9,13H2. The van der Waals surface area contributed by atoms with Gasteiger partial charge in [-0.25, -0.2) is 0 Å². The van der Waals surface area contributed by atoms with Gasteiger partial charge in [0, 0.05) is 28.4 Å². The summed E-state index contributed by atoms with van der Waals surface area (Å²) >= 11 is 3.45. The number of rotatable bonds is 7. The minimum absolute atomic E-state index is 0.266. The first-order valence-electron chi connectivity index (χ1n) is 8.15. The van der Waals surface area contributed by atoms with Crippen molar-refractivity contribution in [3.63, 3.8) is 0 Å². The Labute approximate surface area is 149 Å². The number of amides is 1. The summed E-state index contributed by atoms with van der Waals surface area (Å²) in [5.41, 5.74) is 0.782. The van der Waals surface area contributed by atoms with Crippen molar-refractivity contribution in [1.82, 2.24) is 4.90 Å². The van der Waals surface area contributed by atoms with Gasteiger partial charge in [-0.15, -0.1) is 22.7 Å². The van der Waals surface area contributed by atoms with Gasteiger partial charge in [-0.1, -0.05) is 12.1 Å². The molecule has 5 heteroatoms. The summed E-state index contributed by atoms with van der Waals surface area (Å²) in [4.78, 5) is 17.9. The van der Waals surface area contributed by atoms with Crippen LogP contribution in [0.4, 0.5) is 0 Å². The van der Waals surface area contributed by atoms with Gasteiger partial charge in [-0.3, -0.25) is 4.79 Å². The second kappa shape index (κ2) is 6.57. The largest absolute Gasteiger partial charge is 0.472 e. The van der Waals surface area contributed by atoms with Gasteiger partial charge >= 0.3 is 0 Å². The number of carbonyl (C=O) groups excluding carboxylic acids is 1. The molecule has 1 fully saturated rings. The van der Waals surface area contributed by atoms with Crippen molar-refractivity contribution in [3.05, 3.63) is 68.9 Å². The Bertz CT molecular complexity index is 772. The maximum Gasteiger partial charge on any atom is 0.234 e. The Morgan fingerprint density at radius 3 is 2.62 bits per heavy atom. The summed E-state index contributed by atoms with van der Waals surface area (Å²) in [6.07, 6.45) is 6.24. The van der Waals surface area contributed by atoms with Gasteiger partial charge in [0.2, 0.25) is 5.91 Å². The lowest BCUT2D eigenvalue weighted by Crippen LogP contribution is -2.39. The fourth-order valence-corrected chi connectivity index (χ4v) is 4.78. The molecule has 0 unspecified atom stereocenters. The van der Waals surface area contributed by atoms with Crippen molar-refractivity contribution in [2.75, 3.05) is 6.54 Å². The molecule has 0 atom stereocenters. The average molecular weight is 358 g/mol. The van der Waals surface area contributed by atoms with Gasteiger partial charge in [-0.05, 0) is 48.2 Å². The highest BCUT2D eigenvalue weighted by atomic mass is 32.1. The zero-order chi connectivity index (χ0) is 16.4. The molecular weight excluding hydrogens is 338 g/mol. The van der Waals surface area contributed by atoms with Crippen LogP contribution in [0.15, 0.2) is 58.0 Å². The topological polar surface area (TPSA) is 33.5 Å². The molecule has 4 rings (SSSR count). The molecule has 3 heterocycles. The van der Waals surface area contributed by atoms with Crippen LogP contribution in [0, 0.1) is 0 Å². The summed E-state index contributed by atoms with van der Waals surface area (Å²) in [6.45, 7) is 1.37. The maximum atomic E-state index is 13.3. The summed E-state index contributed by atoms with van der Waals surface area (Å²) < 4.78 is 5.19. The van der Waals surface area contributed by atoms with E-state index in [9.17, 15) is 4.79 Å². The fraction of sp³-hybridized carbons (Fsp3) is 0.316. The highest BCUT2D eigenvalue weighted by Gasteiger charge is 2.53. The minimum Gasteiger partial charge on any atom is -0.472 e. The quantitative estimate of drug-likeness (QED) is 0.614. The van der Waals surface area contributed by atoms with Gasteiger partial charge in [0.05, 0.1) is 17.9 Å². The van der Waals surface area contributed by atoms with Gasteiger partial charge in [0.15, 0.2) is 0 Å². The first-order chi connectivity index (χ1) is 11.8. The average Bonchev–Trinajstić information content (AvgIpc) is 3.09. The molecule has 0 N–H and O–H groups in total. The molecule has 0 aromatic carbocycles. The Balaban J connectivity index is 1.53. The van der Waals surface area contributed by atoms with E-state index >= 15 is 0 Å². The Morgan fingerprint density at radius 1 is 1.17 bits per heavy atom. The number of carbonyl (C=O) groups is 1. The zero-order valence-corrected chi connectivity index (χ0v) is 14.9. The van der Waals surface area contributed by atoms with Gasteiger partial charge in [0.25, 0.3) is 0 Å². The summed E-state index contributed by atoms with van der Waals surface area (Å²) in [7, 11) is 0. The van der Waals surface area contributed by atoms with E-state index in [1.165, 1.54) is 9.75 Å². The first-order valence-corrected chi connectivity index (χ1v) is 9.91. The van der Waals surface area contributed by atoms with Crippen molar-refractivity contribution in [3.8, 4) is 0 Å². The lowest BCUT2D eigenvalue weighted by atomic mass is 10.0. The third kappa shape index (κ3) is 3.06. The fourth-order valence-electron chi connectivity index (χ4n) is 3.10. The van der Waals surface area contributed by atoms with Crippen LogP contribution in [0.3, 0.4) is 0 Å². The van der Waals surface area contributed by atoms with E-state index in [-0.39, 0.29) is 11.3 Å². The van der Waals surface area contributed by atoms with Crippen LogP contribution in [-0.2, 0) is 23.2 Å². The molecule has 0 radical (unpaired) electrons. The summed E-state index contributed by atoms with van der Waals surface area (Å²) in [5.74, 6) is 0.266. The van der Waals surface area contributed by atoms with E-state index in [0.717, 1.165) is 31.4 Å². The van der Waals surface area contributed by atoms with Crippen LogP contribution < -0.4 is 0 Å².